The monoisotopic (exact) mass is 759 g/mol. The first-order valence-corrected chi connectivity index (χ1v) is 20.5. The van der Waals surface area contributed by atoms with E-state index in [1.165, 1.54) is 70.9 Å². The quantitative estimate of drug-likeness (QED) is 0.160. The van der Waals surface area contributed by atoms with Gasteiger partial charge in [0.1, 0.15) is 0 Å². The lowest BCUT2D eigenvalue weighted by Crippen LogP contribution is -2.14. The van der Waals surface area contributed by atoms with Gasteiger partial charge in [-0.25, -0.2) is 0 Å². The maximum Gasteiger partial charge on any atom is 0.0602 e. The maximum atomic E-state index is 2.39. The third kappa shape index (κ3) is 5.94. The minimum absolute atomic E-state index is 1.11. The van der Waals surface area contributed by atoms with Gasteiger partial charge in [-0.3, -0.25) is 0 Å². The second-order valence-corrected chi connectivity index (χ2v) is 15.7. The van der Waals surface area contributed by atoms with Crippen LogP contribution in [0.2, 0.25) is 0 Å². The molecule has 1 aliphatic rings. The average molecular weight is 760 g/mol. The molecule has 0 saturated carbocycles. The van der Waals surface area contributed by atoms with Crippen LogP contribution in [-0.4, -0.2) is 4.57 Å². The molecule has 9 aromatic carbocycles. The van der Waals surface area contributed by atoms with Gasteiger partial charge in [0.05, 0.1) is 22.4 Å². The van der Waals surface area contributed by atoms with E-state index < -0.39 is 0 Å². The highest BCUT2D eigenvalue weighted by Gasteiger charge is 2.25. The molecule has 0 N–H and O–H groups in total. The van der Waals surface area contributed by atoms with Crippen molar-refractivity contribution in [3.63, 3.8) is 0 Å². The van der Waals surface area contributed by atoms with E-state index in [0.29, 0.717) is 0 Å². The number of rotatable bonds is 7. The molecular weight excluding hydrogens is 723 g/mol. The third-order valence-electron chi connectivity index (χ3n) is 11.2. The van der Waals surface area contributed by atoms with Crippen LogP contribution < -0.4 is 9.80 Å². The summed E-state index contributed by atoms with van der Waals surface area (Å²) in [5, 5.41) is 2.49. The van der Waals surface area contributed by atoms with Crippen molar-refractivity contribution in [1.29, 1.82) is 0 Å². The largest absolute Gasteiger partial charge is 0.311 e. The van der Waals surface area contributed by atoms with E-state index in [1.54, 1.807) is 0 Å². The molecule has 1 aromatic heterocycles. The van der Waals surface area contributed by atoms with E-state index in [9.17, 15) is 0 Å². The lowest BCUT2D eigenvalue weighted by molar-refractivity contribution is 1.17. The Morgan fingerprint density at radius 2 is 0.845 bits per heavy atom. The molecule has 3 nitrogen and oxygen atoms in total. The minimum atomic E-state index is 1.11. The topological polar surface area (TPSA) is 11.4 Å². The Kier molecular flexibility index (Phi) is 8.41. The maximum absolute atomic E-state index is 2.39. The summed E-state index contributed by atoms with van der Waals surface area (Å²) in [5.41, 5.74) is 15.3. The Balaban J connectivity index is 0.920. The van der Waals surface area contributed by atoms with Crippen LogP contribution in [0.4, 0.5) is 34.1 Å². The number of fused-ring (bicyclic) bond motifs is 5. The van der Waals surface area contributed by atoms with Crippen LogP contribution in [0.5, 0.6) is 0 Å². The number of benzene rings is 9. The summed E-state index contributed by atoms with van der Waals surface area (Å²) in [6, 6.07) is 81.0. The first-order chi connectivity index (χ1) is 28.8. The lowest BCUT2D eigenvalue weighted by atomic mass is 9.98. The summed E-state index contributed by atoms with van der Waals surface area (Å²) < 4.78 is 2.39. The van der Waals surface area contributed by atoms with Crippen molar-refractivity contribution in [1.82, 2.24) is 4.57 Å². The van der Waals surface area contributed by atoms with Gasteiger partial charge >= 0.3 is 0 Å². The van der Waals surface area contributed by atoms with Gasteiger partial charge in [0, 0.05) is 49.0 Å². The van der Waals surface area contributed by atoms with Gasteiger partial charge in [-0.1, -0.05) is 133 Å². The number of aromatic nitrogens is 1. The van der Waals surface area contributed by atoms with Gasteiger partial charge in [-0.05, 0) is 125 Å². The molecule has 0 atom stereocenters. The molecule has 0 saturated heterocycles. The van der Waals surface area contributed by atoms with Gasteiger partial charge < -0.3 is 14.4 Å². The number of para-hydroxylation sites is 5. The van der Waals surface area contributed by atoms with Crippen LogP contribution in [0, 0.1) is 0 Å². The fraction of sp³-hybridized carbons (Fsp3) is 0. The molecule has 11 rings (SSSR count). The predicted molar refractivity (Wildman–Crippen MR) is 245 cm³/mol. The van der Waals surface area contributed by atoms with Crippen molar-refractivity contribution < 1.29 is 0 Å². The van der Waals surface area contributed by atoms with Gasteiger partial charge in [0.15, 0.2) is 0 Å². The molecule has 0 radical (unpaired) electrons. The van der Waals surface area contributed by atoms with E-state index in [4.69, 9.17) is 0 Å². The Morgan fingerprint density at radius 1 is 0.328 bits per heavy atom. The van der Waals surface area contributed by atoms with Crippen LogP contribution in [0.25, 0.3) is 49.7 Å². The standard InChI is InChI=1S/C54H37N3S/c1-4-14-42(15-5-1)55(43-16-6-2-7-17-43)45-30-32-46(33-31-45)56-49-21-11-10-20-47(49)48-36-40(28-34-50(48)56)38-24-26-39(27-25-38)41-29-35-52-54(37-41)58-53-23-13-12-22-51(53)57(52)44-18-8-3-9-19-44/h1-37H. The fourth-order valence-electron chi connectivity index (χ4n) is 8.43. The van der Waals surface area contributed by atoms with Crippen LogP contribution in [0.15, 0.2) is 234 Å². The summed E-state index contributed by atoms with van der Waals surface area (Å²) in [6.45, 7) is 0. The molecule has 1 aliphatic heterocycles. The van der Waals surface area contributed by atoms with Crippen molar-refractivity contribution >= 4 is 67.7 Å². The van der Waals surface area contributed by atoms with Crippen LogP contribution in [-0.2, 0) is 0 Å². The molecule has 0 bridgehead atoms. The smallest absolute Gasteiger partial charge is 0.0602 e. The predicted octanol–water partition coefficient (Wildman–Crippen LogP) is 15.5. The van der Waals surface area contributed by atoms with Gasteiger partial charge in [-0.15, -0.1) is 0 Å². The van der Waals surface area contributed by atoms with E-state index >= 15 is 0 Å². The van der Waals surface area contributed by atoms with Crippen molar-refractivity contribution in [2.24, 2.45) is 0 Å². The zero-order chi connectivity index (χ0) is 38.4. The summed E-state index contributed by atoms with van der Waals surface area (Å²) >= 11 is 1.85. The molecule has 274 valence electrons. The first-order valence-electron chi connectivity index (χ1n) is 19.7. The highest BCUT2D eigenvalue weighted by molar-refractivity contribution is 7.99. The summed E-state index contributed by atoms with van der Waals surface area (Å²) in [4.78, 5) is 7.20. The highest BCUT2D eigenvalue weighted by atomic mass is 32.2. The SMILES string of the molecule is c1ccc(N(c2ccccc2)c2ccc(-n3c4ccccc4c4cc(-c5ccc(-c6ccc7c(c6)Sc6ccccc6N7c6ccccc6)cc5)ccc43)cc2)cc1. The average Bonchev–Trinajstić information content (AvgIpc) is 3.63. The Labute approximate surface area is 342 Å². The third-order valence-corrected chi connectivity index (χ3v) is 12.3. The molecule has 0 aliphatic carbocycles. The molecule has 2 heterocycles. The van der Waals surface area contributed by atoms with Gasteiger partial charge in [-0.2, -0.15) is 0 Å². The van der Waals surface area contributed by atoms with Crippen LogP contribution in [0.3, 0.4) is 0 Å². The van der Waals surface area contributed by atoms with Crippen LogP contribution in [0.1, 0.15) is 0 Å². The molecule has 10 aromatic rings. The molecule has 58 heavy (non-hydrogen) atoms. The first kappa shape index (κ1) is 34.0. The normalized spacial score (nSPS) is 12.0. The molecule has 0 fully saturated rings. The molecular formula is C54H37N3S. The van der Waals surface area contributed by atoms with E-state index in [1.807, 2.05) is 11.8 Å². The Hall–Kier alpha value is -7.27. The Morgan fingerprint density at radius 3 is 1.55 bits per heavy atom. The highest BCUT2D eigenvalue weighted by Crippen LogP contribution is 2.52. The molecule has 0 spiro atoms. The van der Waals surface area contributed by atoms with E-state index in [2.05, 4.69) is 239 Å². The minimum Gasteiger partial charge on any atom is -0.311 e. The van der Waals surface area contributed by atoms with Crippen molar-refractivity contribution in [3.8, 4) is 27.9 Å². The second-order valence-electron chi connectivity index (χ2n) is 14.6. The van der Waals surface area contributed by atoms with Crippen LogP contribution >= 0.6 is 11.8 Å². The van der Waals surface area contributed by atoms with Crippen molar-refractivity contribution in [2.75, 3.05) is 9.80 Å². The van der Waals surface area contributed by atoms with Crippen molar-refractivity contribution in [2.45, 2.75) is 9.79 Å². The zero-order valence-electron chi connectivity index (χ0n) is 31.6. The second kappa shape index (κ2) is 14.3. The van der Waals surface area contributed by atoms with E-state index in [0.717, 1.165) is 22.7 Å². The number of anilines is 6. The summed E-state index contributed by atoms with van der Waals surface area (Å²) in [7, 11) is 0. The summed E-state index contributed by atoms with van der Waals surface area (Å²) in [5.74, 6) is 0. The summed E-state index contributed by atoms with van der Waals surface area (Å²) in [6.07, 6.45) is 0. The number of hydrogen-bond donors (Lipinski definition) is 0. The number of hydrogen-bond acceptors (Lipinski definition) is 3. The lowest BCUT2D eigenvalue weighted by Gasteiger charge is -2.33. The van der Waals surface area contributed by atoms with Gasteiger partial charge in [0.25, 0.3) is 0 Å². The molecule has 4 heteroatoms. The number of nitrogens with zero attached hydrogens (tertiary/aromatic N) is 3. The zero-order valence-corrected chi connectivity index (χ0v) is 32.4. The molecule has 0 amide bonds. The van der Waals surface area contributed by atoms with Crippen molar-refractivity contribution in [3.05, 3.63) is 224 Å². The molecule has 0 unspecified atom stereocenters. The van der Waals surface area contributed by atoms with E-state index in [-0.39, 0.29) is 0 Å². The fourth-order valence-corrected chi connectivity index (χ4v) is 9.53. The Bertz CT molecular complexity index is 3030. The van der Waals surface area contributed by atoms with Gasteiger partial charge in [0.2, 0.25) is 0 Å².